The summed E-state index contributed by atoms with van der Waals surface area (Å²) in [4.78, 5) is 0. The highest BCUT2D eigenvalue weighted by molar-refractivity contribution is 6.45. The zero-order valence-electron chi connectivity index (χ0n) is 12.1. The molecule has 0 radical (unpaired) electrons. The van der Waals surface area contributed by atoms with Crippen molar-refractivity contribution in [2.75, 3.05) is 0 Å². The van der Waals surface area contributed by atoms with Gasteiger partial charge in [0.1, 0.15) is 0 Å². The van der Waals surface area contributed by atoms with Gasteiger partial charge in [-0.05, 0) is 46.9 Å². The van der Waals surface area contributed by atoms with E-state index in [2.05, 4.69) is 46.8 Å². The van der Waals surface area contributed by atoms with Gasteiger partial charge in [0.2, 0.25) is 0 Å². The maximum absolute atomic E-state index is 5.95. The predicted molar refractivity (Wildman–Crippen MR) is 74.2 cm³/mol. The Morgan fingerprint density at radius 3 is 2.00 bits per heavy atom. The summed E-state index contributed by atoms with van der Waals surface area (Å²) in [5.41, 5.74) is -0.370. The van der Waals surface area contributed by atoms with E-state index in [4.69, 9.17) is 9.31 Å². The van der Waals surface area contributed by atoms with Gasteiger partial charge in [0.05, 0.1) is 11.2 Å². The van der Waals surface area contributed by atoms with Crippen LogP contribution in [-0.4, -0.2) is 18.3 Å². The first kappa shape index (κ1) is 14.8. The van der Waals surface area contributed by atoms with Gasteiger partial charge in [0, 0.05) is 0 Å². The van der Waals surface area contributed by atoms with Gasteiger partial charge in [-0.2, -0.15) is 0 Å². The second-order valence-electron chi connectivity index (χ2n) is 5.88. The van der Waals surface area contributed by atoms with Crippen LogP contribution in [0.1, 0.15) is 60.3 Å². The van der Waals surface area contributed by atoms with E-state index < -0.39 is 0 Å². The first-order valence-electron chi connectivity index (χ1n) is 6.89. The van der Waals surface area contributed by atoms with E-state index in [1.54, 1.807) is 0 Å². The molecular weight excluding hydrogens is 211 g/mol. The summed E-state index contributed by atoms with van der Waals surface area (Å²) in [5, 5.41) is 0. The highest BCUT2D eigenvalue weighted by atomic mass is 16.7. The van der Waals surface area contributed by atoms with Crippen molar-refractivity contribution in [1.29, 1.82) is 0 Å². The largest absolute Gasteiger partial charge is 0.457 e. The van der Waals surface area contributed by atoms with Crippen LogP contribution in [-0.2, 0) is 9.31 Å². The van der Waals surface area contributed by atoms with Gasteiger partial charge < -0.3 is 9.31 Å². The molecule has 98 valence electrons. The van der Waals surface area contributed by atoms with Crippen molar-refractivity contribution in [3.63, 3.8) is 0 Å². The predicted octanol–water partition coefficient (Wildman–Crippen LogP) is 4.22. The van der Waals surface area contributed by atoms with Crippen LogP contribution in [0.4, 0.5) is 0 Å². The van der Waals surface area contributed by atoms with Crippen molar-refractivity contribution in [3.05, 3.63) is 12.2 Å². The van der Waals surface area contributed by atoms with E-state index in [-0.39, 0.29) is 18.3 Å². The van der Waals surface area contributed by atoms with Crippen LogP contribution in [0.3, 0.4) is 0 Å². The fraction of sp³-hybridized carbons (Fsp3) is 0.857. The van der Waals surface area contributed by atoms with Crippen LogP contribution in [0.5, 0.6) is 0 Å². The normalized spacial score (nSPS) is 22.5. The fourth-order valence-corrected chi connectivity index (χ4v) is 1.89. The Morgan fingerprint density at radius 1 is 0.941 bits per heavy atom. The monoisotopic (exact) mass is 238 g/mol. The lowest BCUT2D eigenvalue weighted by atomic mass is 9.82. The van der Waals surface area contributed by atoms with E-state index in [9.17, 15) is 0 Å². The van der Waals surface area contributed by atoms with Crippen molar-refractivity contribution in [1.82, 2.24) is 0 Å². The van der Waals surface area contributed by atoms with Crippen LogP contribution in [0.2, 0.25) is 6.32 Å². The van der Waals surface area contributed by atoms with Crippen LogP contribution < -0.4 is 0 Å². The van der Waals surface area contributed by atoms with Gasteiger partial charge in [0.25, 0.3) is 0 Å². The number of allylic oxidation sites excluding steroid dienone is 2. The summed E-state index contributed by atoms with van der Waals surface area (Å²) in [5.74, 6) is 0. The Balaban J connectivity index is 2.22. The Labute approximate surface area is 107 Å². The van der Waals surface area contributed by atoms with Gasteiger partial charge in [-0.1, -0.05) is 31.9 Å². The van der Waals surface area contributed by atoms with Gasteiger partial charge >= 0.3 is 7.12 Å². The molecule has 1 fully saturated rings. The van der Waals surface area contributed by atoms with Crippen molar-refractivity contribution in [2.24, 2.45) is 0 Å². The van der Waals surface area contributed by atoms with Crippen LogP contribution in [0.25, 0.3) is 0 Å². The molecule has 17 heavy (non-hydrogen) atoms. The summed E-state index contributed by atoms with van der Waals surface area (Å²) < 4.78 is 11.9. The van der Waals surface area contributed by atoms with Crippen LogP contribution in [0.15, 0.2) is 12.2 Å². The van der Waals surface area contributed by atoms with Gasteiger partial charge in [-0.3, -0.25) is 0 Å². The number of unbranched alkanes of at least 4 members (excludes halogenated alkanes) is 2. The fourth-order valence-electron chi connectivity index (χ4n) is 1.89. The maximum Gasteiger partial charge on any atom is 0.457 e. The molecule has 0 bridgehead atoms. The highest BCUT2D eigenvalue weighted by Gasteiger charge is 2.50. The molecule has 0 amide bonds. The SMILES string of the molecule is CCC/C=C/CCCB1OC(C)(C)C(C)(C)O1. The highest BCUT2D eigenvalue weighted by Crippen LogP contribution is 2.38. The van der Waals surface area contributed by atoms with Gasteiger partial charge in [0.15, 0.2) is 0 Å². The lowest BCUT2D eigenvalue weighted by molar-refractivity contribution is 0.00578. The van der Waals surface area contributed by atoms with Crippen molar-refractivity contribution in [2.45, 2.75) is 77.8 Å². The topological polar surface area (TPSA) is 18.5 Å². The van der Waals surface area contributed by atoms with E-state index >= 15 is 0 Å². The molecule has 2 nitrogen and oxygen atoms in total. The van der Waals surface area contributed by atoms with Crippen molar-refractivity contribution in [3.8, 4) is 0 Å². The molecule has 1 aliphatic rings. The van der Waals surface area contributed by atoms with Crippen LogP contribution in [0, 0.1) is 0 Å². The lowest BCUT2D eigenvalue weighted by Gasteiger charge is -2.32. The zero-order valence-corrected chi connectivity index (χ0v) is 12.1. The van der Waals surface area contributed by atoms with Gasteiger partial charge in [-0.15, -0.1) is 0 Å². The van der Waals surface area contributed by atoms with Crippen LogP contribution >= 0.6 is 0 Å². The Kier molecular flexibility index (Phi) is 5.27. The first-order chi connectivity index (χ1) is 7.89. The maximum atomic E-state index is 5.95. The molecule has 1 saturated heterocycles. The third-order valence-corrected chi connectivity index (χ3v) is 3.73. The molecule has 0 aromatic heterocycles. The Bertz CT molecular complexity index is 243. The standard InChI is InChI=1S/C14H27BO2/c1-6-7-8-9-10-11-12-15-16-13(2,3)14(4,5)17-15/h8-9H,6-7,10-12H2,1-5H3/b9-8+. The molecule has 0 atom stereocenters. The van der Waals surface area contributed by atoms with Gasteiger partial charge in [-0.25, -0.2) is 0 Å². The molecule has 3 heteroatoms. The Hall–Kier alpha value is -0.275. The molecule has 1 rings (SSSR count). The summed E-state index contributed by atoms with van der Waals surface area (Å²) in [7, 11) is -0.0282. The lowest BCUT2D eigenvalue weighted by Crippen LogP contribution is -2.41. The summed E-state index contributed by atoms with van der Waals surface area (Å²) in [6.45, 7) is 10.6. The Morgan fingerprint density at radius 2 is 1.47 bits per heavy atom. The number of rotatable bonds is 6. The van der Waals surface area contributed by atoms with E-state index in [1.807, 2.05) is 0 Å². The van der Waals surface area contributed by atoms with E-state index in [0.717, 1.165) is 19.2 Å². The molecule has 0 aromatic carbocycles. The van der Waals surface area contributed by atoms with E-state index in [1.165, 1.54) is 12.8 Å². The summed E-state index contributed by atoms with van der Waals surface area (Å²) in [6.07, 6.45) is 10.2. The van der Waals surface area contributed by atoms with Crippen molar-refractivity contribution >= 4 is 7.12 Å². The molecule has 0 saturated carbocycles. The smallest absolute Gasteiger partial charge is 0.403 e. The van der Waals surface area contributed by atoms with Crippen molar-refractivity contribution < 1.29 is 9.31 Å². The molecule has 1 aliphatic heterocycles. The van der Waals surface area contributed by atoms with E-state index in [0.29, 0.717) is 0 Å². The molecule has 0 aromatic rings. The molecule has 0 unspecified atom stereocenters. The molecule has 0 aliphatic carbocycles. The minimum atomic E-state index is -0.185. The molecule has 1 heterocycles. The average molecular weight is 238 g/mol. The molecule has 0 spiro atoms. The summed E-state index contributed by atoms with van der Waals surface area (Å²) in [6, 6.07) is 0. The zero-order chi connectivity index (χ0) is 12.9. The minimum absolute atomic E-state index is 0.0282. The quantitative estimate of drug-likeness (QED) is 0.392. The second kappa shape index (κ2) is 6.06. The third-order valence-electron chi connectivity index (χ3n) is 3.73. The first-order valence-corrected chi connectivity index (χ1v) is 6.89. The molecular formula is C14H27BO2. The number of hydrogen-bond donors (Lipinski definition) is 0. The minimum Gasteiger partial charge on any atom is -0.403 e. The summed E-state index contributed by atoms with van der Waals surface area (Å²) >= 11 is 0. The third kappa shape index (κ3) is 4.15. The molecule has 0 N–H and O–H groups in total. The average Bonchev–Trinajstić information content (AvgIpc) is 2.41. The number of hydrogen-bond acceptors (Lipinski definition) is 2. The second-order valence-corrected chi connectivity index (χ2v) is 5.88.